The van der Waals surface area contributed by atoms with Crippen molar-refractivity contribution in [3.8, 4) is 0 Å². The van der Waals surface area contributed by atoms with Crippen LogP contribution in [0.3, 0.4) is 0 Å². The molecule has 0 unspecified atom stereocenters. The molecule has 28 heavy (non-hydrogen) atoms. The first-order chi connectivity index (χ1) is 13.2. The van der Waals surface area contributed by atoms with Gasteiger partial charge in [0.2, 0.25) is 0 Å². The smallest absolute Gasteiger partial charge is 0.287 e. The van der Waals surface area contributed by atoms with Crippen molar-refractivity contribution in [2.45, 2.75) is 18.2 Å². The summed E-state index contributed by atoms with van der Waals surface area (Å²) in [5.41, 5.74) is 0. The largest absolute Gasteiger partial charge is 0.459 e. The second-order valence-corrected chi connectivity index (χ2v) is 6.74. The Kier molecular flexibility index (Phi) is 12.4. The molecule has 0 atom stereocenters. The van der Waals surface area contributed by atoms with Gasteiger partial charge in [-0.25, -0.2) is 4.39 Å². The first kappa shape index (κ1) is 24.3. The predicted molar refractivity (Wildman–Crippen MR) is 122 cm³/mol. The fourth-order valence-electron chi connectivity index (χ4n) is 2.17. The Balaban J connectivity index is 0.00000392. The molecule has 0 saturated heterocycles. The van der Waals surface area contributed by atoms with Gasteiger partial charge in [0.25, 0.3) is 5.91 Å². The third-order valence-corrected chi connectivity index (χ3v) is 4.55. The molecule has 0 saturated carbocycles. The van der Waals surface area contributed by atoms with E-state index in [1.54, 1.807) is 36.0 Å². The van der Waals surface area contributed by atoms with Crippen LogP contribution in [0.15, 0.2) is 57.0 Å². The highest BCUT2D eigenvalue weighted by Gasteiger charge is 2.06. The molecule has 0 aliphatic carbocycles. The van der Waals surface area contributed by atoms with Gasteiger partial charge in [0, 0.05) is 31.1 Å². The van der Waals surface area contributed by atoms with Gasteiger partial charge in [0.05, 0.1) is 6.26 Å². The molecule has 1 amide bonds. The number of guanidine groups is 1. The number of hydrogen-bond acceptors (Lipinski definition) is 4. The van der Waals surface area contributed by atoms with Gasteiger partial charge in [0.1, 0.15) is 5.82 Å². The average molecular weight is 520 g/mol. The molecule has 0 bridgehead atoms. The number of halogens is 2. The highest BCUT2D eigenvalue weighted by molar-refractivity contribution is 14.0. The van der Waals surface area contributed by atoms with Crippen LogP contribution in [-0.2, 0) is 0 Å². The van der Waals surface area contributed by atoms with E-state index in [4.69, 9.17) is 4.42 Å². The minimum absolute atomic E-state index is 0. The summed E-state index contributed by atoms with van der Waals surface area (Å²) in [7, 11) is 0. The summed E-state index contributed by atoms with van der Waals surface area (Å²) in [6.07, 6.45) is 2.38. The fourth-order valence-corrected chi connectivity index (χ4v) is 3.01. The number of aliphatic imine (C=N–C) groups is 1. The number of rotatable bonds is 10. The average Bonchev–Trinajstić information content (AvgIpc) is 3.21. The van der Waals surface area contributed by atoms with E-state index in [1.807, 2.05) is 6.92 Å². The SMILES string of the molecule is CCNC(=NCCCSc1ccc(F)cc1)NCCNC(=O)c1ccco1.I. The van der Waals surface area contributed by atoms with Crippen LogP contribution in [0.25, 0.3) is 0 Å². The molecule has 9 heteroatoms. The standard InChI is InChI=1S/C19H25FN4O2S.HI/c1-2-21-19(24-12-11-22-18(25)17-5-3-13-26-17)23-10-4-14-27-16-8-6-15(20)7-9-16;/h3,5-9,13H,2,4,10-12,14H2,1H3,(H,22,25)(H2,21,23,24);1H. The van der Waals surface area contributed by atoms with Gasteiger partial charge in [-0.1, -0.05) is 0 Å². The lowest BCUT2D eigenvalue weighted by Gasteiger charge is -2.11. The first-order valence-electron chi connectivity index (χ1n) is 8.91. The third kappa shape index (κ3) is 9.45. The van der Waals surface area contributed by atoms with Crippen molar-refractivity contribution in [1.82, 2.24) is 16.0 Å². The van der Waals surface area contributed by atoms with Gasteiger partial charge in [-0.05, 0) is 55.5 Å². The van der Waals surface area contributed by atoms with Crippen molar-refractivity contribution in [3.05, 3.63) is 54.2 Å². The van der Waals surface area contributed by atoms with E-state index in [0.29, 0.717) is 25.4 Å². The maximum absolute atomic E-state index is 12.9. The van der Waals surface area contributed by atoms with Gasteiger partial charge >= 0.3 is 0 Å². The van der Waals surface area contributed by atoms with Gasteiger partial charge in [-0.3, -0.25) is 9.79 Å². The summed E-state index contributed by atoms with van der Waals surface area (Å²) in [4.78, 5) is 17.3. The fraction of sp³-hybridized carbons (Fsp3) is 0.368. The van der Waals surface area contributed by atoms with Crippen molar-refractivity contribution >= 4 is 47.6 Å². The van der Waals surface area contributed by atoms with Crippen LogP contribution in [0.1, 0.15) is 23.9 Å². The molecular formula is C19H26FIN4O2S. The van der Waals surface area contributed by atoms with E-state index in [1.165, 1.54) is 18.4 Å². The normalized spacial score (nSPS) is 10.9. The maximum atomic E-state index is 12.9. The second kappa shape index (κ2) is 14.3. The minimum Gasteiger partial charge on any atom is -0.459 e. The molecule has 6 nitrogen and oxygen atoms in total. The molecule has 0 aliphatic rings. The zero-order valence-corrected chi connectivity index (χ0v) is 18.9. The second-order valence-electron chi connectivity index (χ2n) is 5.58. The molecule has 1 aromatic heterocycles. The van der Waals surface area contributed by atoms with Crippen molar-refractivity contribution < 1.29 is 13.6 Å². The number of nitrogens with zero attached hydrogens (tertiary/aromatic N) is 1. The Bertz CT molecular complexity index is 711. The van der Waals surface area contributed by atoms with Crippen molar-refractivity contribution in [2.75, 3.05) is 31.9 Å². The predicted octanol–water partition coefficient (Wildman–Crippen LogP) is 3.50. The zero-order valence-electron chi connectivity index (χ0n) is 15.7. The monoisotopic (exact) mass is 520 g/mol. The summed E-state index contributed by atoms with van der Waals surface area (Å²) in [6.45, 7) is 4.46. The van der Waals surface area contributed by atoms with Gasteiger partial charge in [-0.2, -0.15) is 0 Å². The summed E-state index contributed by atoms with van der Waals surface area (Å²) in [5, 5.41) is 9.13. The van der Waals surface area contributed by atoms with Crippen molar-refractivity contribution in [2.24, 2.45) is 4.99 Å². The molecule has 3 N–H and O–H groups in total. The highest BCUT2D eigenvalue weighted by Crippen LogP contribution is 2.18. The molecule has 0 aliphatic heterocycles. The Morgan fingerprint density at radius 3 is 2.57 bits per heavy atom. The van der Waals surface area contributed by atoms with E-state index in [-0.39, 0.29) is 35.7 Å². The third-order valence-electron chi connectivity index (χ3n) is 3.45. The van der Waals surface area contributed by atoms with Crippen LogP contribution in [0, 0.1) is 5.82 Å². The molecule has 1 heterocycles. The maximum Gasteiger partial charge on any atom is 0.287 e. The van der Waals surface area contributed by atoms with Crippen LogP contribution < -0.4 is 16.0 Å². The lowest BCUT2D eigenvalue weighted by molar-refractivity contribution is 0.0926. The number of thioether (sulfide) groups is 1. The van der Waals surface area contributed by atoms with E-state index in [2.05, 4.69) is 20.9 Å². The van der Waals surface area contributed by atoms with Gasteiger partial charge < -0.3 is 20.4 Å². The van der Waals surface area contributed by atoms with Crippen LogP contribution in [0.2, 0.25) is 0 Å². The quantitative estimate of drug-likeness (QED) is 0.147. The van der Waals surface area contributed by atoms with Crippen molar-refractivity contribution in [1.29, 1.82) is 0 Å². The molecule has 0 radical (unpaired) electrons. The molecule has 1 aromatic carbocycles. The number of hydrogen-bond donors (Lipinski definition) is 3. The van der Waals surface area contributed by atoms with E-state index in [0.717, 1.165) is 29.6 Å². The van der Waals surface area contributed by atoms with Crippen LogP contribution in [0.5, 0.6) is 0 Å². The Morgan fingerprint density at radius 2 is 1.89 bits per heavy atom. The molecule has 2 rings (SSSR count). The van der Waals surface area contributed by atoms with Gasteiger partial charge in [0.15, 0.2) is 11.7 Å². The molecule has 0 spiro atoms. The first-order valence-corrected chi connectivity index (χ1v) is 9.90. The number of carbonyl (C=O) groups is 1. The van der Waals surface area contributed by atoms with Crippen LogP contribution >= 0.6 is 35.7 Å². The highest BCUT2D eigenvalue weighted by atomic mass is 127. The van der Waals surface area contributed by atoms with E-state index >= 15 is 0 Å². The Hall–Kier alpha value is -1.75. The zero-order chi connectivity index (χ0) is 19.3. The number of carbonyl (C=O) groups excluding carboxylic acids is 1. The summed E-state index contributed by atoms with van der Waals surface area (Å²) in [5.74, 6) is 1.48. The molecule has 2 aromatic rings. The topological polar surface area (TPSA) is 78.7 Å². The summed E-state index contributed by atoms with van der Waals surface area (Å²) >= 11 is 1.68. The molecular weight excluding hydrogens is 494 g/mol. The number of nitrogens with one attached hydrogen (secondary N) is 3. The number of amides is 1. The van der Waals surface area contributed by atoms with Crippen molar-refractivity contribution in [3.63, 3.8) is 0 Å². The lowest BCUT2D eigenvalue weighted by Crippen LogP contribution is -2.41. The van der Waals surface area contributed by atoms with Gasteiger partial charge in [-0.15, -0.1) is 35.7 Å². The number of furan rings is 1. The minimum atomic E-state index is -0.235. The summed E-state index contributed by atoms with van der Waals surface area (Å²) in [6, 6.07) is 9.81. The lowest BCUT2D eigenvalue weighted by atomic mass is 10.4. The molecule has 154 valence electrons. The van der Waals surface area contributed by atoms with E-state index in [9.17, 15) is 9.18 Å². The van der Waals surface area contributed by atoms with Crippen LogP contribution in [-0.4, -0.2) is 43.8 Å². The van der Waals surface area contributed by atoms with Crippen LogP contribution in [0.4, 0.5) is 4.39 Å². The molecule has 0 fully saturated rings. The number of benzene rings is 1. The Morgan fingerprint density at radius 1 is 1.14 bits per heavy atom. The summed E-state index contributed by atoms with van der Waals surface area (Å²) < 4.78 is 17.9. The van der Waals surface area contributed by atoms with E-state index < -0.39 is 0 Å². The Labute approximate surface area is 186 Å².